The van der Waals surface area contributed by atoms with Crippen LogP contribution >= 0.6 is 0 Å². The molecule has 0 heterocycles. The predicted molar refractivity (Wildman–Crippen MR) is 250 cm³/mol. The molecule has 1 amide bonds. The molecule has 57 heavy (non-hydrogen) atoms. The highest BCUT2D eigenvalue weighted by atomic mass is 16.3. The van der Waals surface area contributed by atoms with Crippen molar-refractivity contribution in [1.29, 1.82) is 0 Å². The van der Waals surface area contributed by atoms with Crippen molar-refractivity contribution in [3.05, 3.63) is 12.2 Å². The number of hydrogen-bond donors (Lipinski definition) is 4. The van der Waals surface area contributed by atoms with Gasteiger partial charge in [-0.2, -0.15) is 0 Å². The molecule has 0 radical (unpaired) electrons. The zero-order valence-corrected chi connectivity index (χ0v) is 38.6. The first-order valence-corrected chi connectivity index (χ1v) is 26.0. The van der Waals surface area contributed by atoms with Gasteiger partial charge in [0.25, 0.3) is 0 Å². The Morgan fingerprint density at radius 2 is 0.702 bits per heavy atom. The molecule has 0 bridgehead atoms. The molecular formula is C52H103NO4. The summed E-state index contributed by atoms with van der Waals surface area (Å²) in [5.74, 6) is -0.0612. The van der Waals surface area contributed by atoms with E-state index in [1.54, 1.807) is 6.08 Å². The second-order valence-electron chi connectivity index (χ2n) is 18.0. The standard InChI is InChI=1S/C52H103NO4/c1-2-3-4-5-6-7-8-28-31-34-37-40-43-46-51(56)50(49-55)53-52(57)47-44-41-38-35-32-29-26-24-22-20-18-16-14-12-10-9-11-13-15-17-19-21-23-25-27-30-33-36-39-42-45-48-54/h43,46,50-51,54-56H,2-42,44-45,47-49H2,1H3,(H,53,57)/b46-43+/t50-,51+/m0/s1. The minimum atomic E-state index is -0.836. The second kappa shape index (κ2) is 49.5. The molecule has 2 atom stereocenters. The third-order valence-electron chi connectivity index (χ3n) is 12.3. The van der Waals surface area contributed by atoms with Crippen LogP contribution in [0.1, 0.15) is 289 Å². The number of nitrogens with one attached hydrogen (secondary N) is 1. The average molecular weight is 806 g/mol. The van der Waals surface area contributed by atoms with Crippen molar-refractivity contribution in [3.8, 4) is 0 Å². The van der Waals surface area contributed by atoms with E-state index in [4.69, 9.17) is 5.11 Å². The van der Waals surface area contributed by atoms with Crippen LogP contribution < -0.4 is 5.32 Å². The van der Waals surface area contributed by atoms with E-state index in [1.807, 2.05) is 6.08 Å². The molecule has 0 aliphatic heterocycles. The zero-order chi connectivity index (χ0) is 41.4. The van der Waals surface area contributed by atoms with Crippen LogP contribution in [0.5, 0.6) is 0 Å². The maximum Gasteiger partial charge on any atom is 0.220 e. The summed E-state index contributed by atoms with van der Waals surface area (Å²) >= 11 is 0. The first-order chi connectivity index (χ1) is 28.2. The number of amides is 1. The molecule has 0 aromatic carbocycles. The molecule has 0 aromatic heterocycles. The third kappa shape index (κ3) is 46.0. The fourth-order valence-corrected chi connectivity index (χ4v) is 8.34. The minimum absolute atomic E-state index is 0.0612. The van der Waals surface area contributed by atoms with Crippen LogP contribution in [-0.4, -0.2) is 46.6 Å². The van der Waals surface area contributed by atoms with E-state index >= 15 is 0 Å². The molecule has 0 saturated heterocycles. The molecule has 0 rings (SSSR count). The Balaban J connectivity index is 3.38. The maximum absolute atomic E-state index is 12.4. The van der Waals surface area contributed by atoms with E-state index < -0.39 is 12.1 Å². The second-order valence-corrected chi connectivity index (χ2v) is 18.0. The Labute approximate surface area is 357 Å². The third-order valence-corrected chi connectivity index (χ3v) is 12.3. The van der Waals surface area contributed by atoms with Crippen molar-refractivity contribution < 1.29 is 20.1 Å². The summed E-state index contributed by atoms with van der Waals surface area (Å²) in [6.45, 7) is 2.39. The molecule has 4 N–H and O–H groups in total. The summed E-state index contributed by atoms with van der Waals surface area (Å²) in [7, 11) is 0. The van der Waals surface area contributed by atoms with E-state index in [-0.39, 0.29) is 12.5 Å². The predicted octanol–water partition coefficient (Wildman–Crippen LogP) is 15.6. The minimum Gasteiger partial charge on any atom is -0.396 e. The van der Waals surface area contributed by atoms with Gasteiger partial charge in [-0.15, -0.1) is 0 Å². The largest absolute Gasteiger partial charge is 0.396 e. The Hall–Kier alpha value is -0.910. The van der Waals surface area contributed by atoms with Crippen LogP contribution in [-0.2, 0) is 4.79 Å². The van der Waals surface area contributed by atoms with Crippen LogP contribution in [0.3, 0.4) is 0 Å². The molecule has 0 unspecified atom stereocenters. The van der Waals surface area contributed by atoms with E-state index in [2.05, 4.69) is 12.2 Å². The van der Waals surface area contributed by atoms with E-state index in [1.165, 1.54) is 244 Å². The summed E-state index contributed by atoms with van der Waals surface area (Å²) < 4.78 is 0. The first kappa shape index (κ1) is 56.1. The summed E-state index contributed by atoms with van der Waals surface area (Å²) in [6.07, 6.45) is 60.9. The van der Waals surface area contributed by atoms with Crippen LogP contribution in [0.4, 0.5) is 0 Å². The van der Waals surface area contributed by atoms with Gasteiger partial charge in [0.1, 0.15) is 0 Å². The Kier molecular flexibility index (Phi) is 48.7. The SMILES string of the molecule is CCCCCCCCCCCCC/C=C/[C@@H](O)[C@H](CO)NC(=O)CCCCCCCCCCCCCCCCCCCCCCCCCCCCCCCCCO. The fourth-order valence-electron chi connectivity index (χ4n) is 8.34. The molecule has 340 valence electrons. The summed E-state index contributed by atoms with van der Waals surface area (Å²) in [4.78, 5) is 12.4. The number of carbonyl (C=O) groups is 1. The zero-order valence-electron chi connectivity index (χ0n) is 38.6. The topological polar surface area (TPSA) is 89.8 Å². The number of unbranched alkanes of at least 4 members (excludes halogenated alkanes) is 41. The van der Waals surface area contributed by atoms with Gasteiger partial charge in [0.2, 0.25) is 5.91 Å². The maximum atomic E-state index is 12.4. The monoisotopic (exact) mass is 806 g/mol. The highest BCUT2D eigenvalue weighted by Crippen LogP contribution is 2.17. The Bertz CT molecular complexity index is 788. The van der Waals surface area contributed by atoms with Crippen molar-refractivity contribution >= 4 is 5.91 Å². The van der Waals surface area contributed by atoms with E-state index in [9.17, 15) is 15.0 Å². The summed E-state index contributed by atoms with van der Waals surface area (Å²) in [5.41, 5.74) is 0. The lowest BCUT2D eigenvalue weighted by atomic mass is 10.0. The molecule has 0 aliphatic carbocycles. The Morgan fingerprint density at radius 1 is 0.421 bits per heavy atom. The van der Waals surface area contributed by atoms with Gasteiger partial charge in [0.05, 0.1) is 18.8 Å². The van der Waals surface area contributed by atoms with Gasteiger partial charge in [-0.25, -0.2) is 0 Å². The highest BCUT2D eigenvalue weighted by molar-refractivity contribution is 5.76. The quantitative estimate of drug-likeness (QED) is 0.0364. The number of carbonyl (C=O) groups excluding carboxylic acids is 1. The van der Waals surface area contributed by atoms with Gasteiger partial charge in [-0.1, -0.05) is 269 Å². The van der Waals surface area contributed by atoms with Crippen LogP contribution in [0.25, 0.3) is 0 Å². The molecule has 0 aromatic rings. The molecule has 0 aliphatic rings. The van der Waals surface area contributed by atoms with E-state index in [0.717, 1.165) is 32.1 Å². The van der Waals surface area contributed by atoms with E-state index in [0.29, 0.717) is 13.0 Å². The summed E-state index contributed by atoms with van der Waals surface area (Å²) in [5, 5.41) is 31.9. The Morgan fingerprint density at radius 3 is 1.00 bits per heavy atom. The molecule has 0 saturated carbocycles. The first-order valence-electron chi connectivity index (χ1n) is 26.0. The number of rotatable bonds is 49. The van der Waals surface area contributed by atoms with Gasteiger partial charge < -0.3 is 20.6 Å². The number of allylic oxidation sites excluding steroid dienone is 1. The molecule has 0 spiro atoms. The van der Waals surface area contributed by atoms with Crippen molar-refractivity contribution in [2.45, 2.75) is 302 Å². The van der Waals surface area contributed by atoms with Crippen molar-refractivity contribution in [2.75, 3.05) is 13.2 Å². The lowest BCUT2D eigenvalue weighted by Crippen LogP contribution is -2.45. The number of aliphatic hydroxyl groups excluding tert-OH is 3. The highest BCUT2D eigenvalue weighted by Gasteiger charge is 2.18. The normalized spacial score (nSPS) is 12.8. The van der Waals surface area contributed by atoms with Gasteiger partial charge in [0.15, 0.2) is 0 Å². The van der Waals surface area contributed by atoms with Gasteiger partial charge in [-0.05, 0) is 25.7 Å². The van der Waals surface area contributed by atoms with Crippen LogP contribution in [0, 0.1) is 0 Å². The van der Waals surface area contributed by atoms with Crippen molar-refractivity contribution in [2.24, 2.45) is 0 Å². The van der Waals surface area contributed by atoms with Gasteiger partial charge in [0, 0.05) is 13.0 Å². The molecule has 5 heteroatoms. The van der Waals surface area contributed by atoms with Gasteiger partial charge in [-0.3, -0.25) is 4.79 Å². The van der Waals surface area contributed by atoms with Crippen molar-refractivity contribution in [1.82, 2.24) is 5.32 Å². The summed E-state index contributed by atoms with van der Waals surface area (Å²) in [6, 6.07) is -0.619. The lowest BCUT2D eigenvalue weighted by Gasteiger charge is -2.20. The molecule has 5 nitrogen and oxygen atoms in total. The average Bonchev–Trinajstić information content (AvgIpc) is 3.22. The molecular weight excluding hydrogens is 703 g/mol. The van der Waals surface area contributed by atoms with Crippen molar-refractivity contribution in [3.63, 3.8) is 0 Å². The van der Waals surface area contributed by atoms with Gasteiger partial charge >= 0.3 is 0 Å². The molecule has 0 fully saturated rings. The fraction of sp³-hybridized carbons (Fsp3) is 0.942. The number of aliphatic hydroxyl groups is 3. The number of hydrogen-bond acceptors (Lipinski definition) is 4. The lowest BCUT2D eigenvalue weighted by molar-refractivity contribution is -0.123. The van der Waals surface area contributed by atoms with Crippen LogP contribution in [0.2, 0.25) is 0 Å². The van der Waals surface area contributed by atoms with Crippen LogP contribution in [0.15, 0.2) is 12.2 Å². The smallest absolute Gasteiger partial charge is 0.220 e.